The van der Waals surface area contributed by atoms with Crippen molar-refractivity contribution < 1.29 is 19.1 Å². The van der Waals surface area contributed by atoms with E-state index >= 15 is 0 Å². The molecule has 1 aromatic heterocycles. The van der Waals surface area contributed by atoms with Crippen LogP contribution in [0.15, 0.2) is 24.3 Å². The first-order valence-electron chi connectivity index (χ1n) is 9.64. The number of rotatable bonds is 7. The summed E-state index contributed by atoms with van der Waals surface area (Å²) in [5, 5.41) is 6.30. The van der Waals surface area contributed by atoms with Crippen LogP contribution in [0.4, 0.5) is 10.7 Å². The third-order valence-corrected chi connectivity index (χ3v) is 6.05. The number of ether oxygens (including phenoxy) is 1. The average molecular weight is 416 g/mol. The molecule has 0 aliphatic heterocycles. The predicted octanol–water partition coefficient (Wildman–Crippen LogP) is 3.20. The van der Waals surface area contributed by atoms with Crippen molar-refractivity contribution in [2.45, 2.75) is 33.1 Å². The Balaban J connectivity index is 1.76. The van der Waals surface area contributed by atoms with Crippen LogP contribution in [0, 0.1) is 5.92 Å². The highest BCUT2D eigenvalue weighted by Gasteiger charge is 2.29. The molecule has 0 saturated carbocycles. The molecule has 0 radical (unpaired) electrons. The van der Waals surface area contributed by atoms with Gasteiger partial charge in [0.1, 0.15) is 5.00 Å². The molecule has 2 amide bonds. The Morgan fingerprint density at radius 3 is 2.76 bits per heavy atom. The minimum absolute atomic E-state index is 0.0640. The number of amides is 2. The molecule has 8 heteroatoms. The van der Waals surface area contributed by atoms with Crippen LogP contribution >= 0.6 is 11.3 Å². The van der Waals surface area contributed by atoms with Crippen LogP contribution in [0.1, 0.15) is 51.4 Å². The zero-order chi connectivity index (χ0) is 21.0. The summed E-state index contributed by atoms with van der Waals surface area (Å²) in [4.78, 5) is 37.7. The fourth-order valence-corrected chi connectivity index (χ4v) is 4.87. The second-order valence-corrected chi connectivity index (χ2v) is 8.19. The first-order valence-corrected chi connectivity index (χ1v) is 10.5. The number of anilines is 2. The summed E-state index contributed by atoms with van der Waals surface area (Å²) in [5.74, 6) is -0.742. The summed E-state index contributed by atoms with van der Waals surface area (Å²) in [5.41, 5.74) is 7.63. The molecular formula is C21H25N3O4S. The number of nitrogens with one attached hydrogen (secondary N) is 2. The monoisotopic (exact) mass is 415 g/mol. The van der Waals surface area contributed by atoms with Crippen molar-refractivity contribution in [2.75, 3.05) is 23.8 Å². The molecule has 0 spiro atoms. The van der Waals surface area contributed by atoms with Gasteiger partial charge in [-0.15, -0.1) is 11.3 Å². The molecule has 4 N–H and O–H groups in total. The molecule has 2 aromatic rings. The highest BCUT2D eigenvalue weighted by molar-refractivity contribution is 7.17. The molecule has 0 saturated heterocycles. The van der Waals surface area contributed by atoms with Crippen LogP contribution in [0.5, 0.6) is 0 Å². The molecule has 0 unspecified atom stereocenters. The van der Waals surface area contributed by atoms with Crippen LogP contribution in [0.25, 0.3) is 0 Å². The Bertz CT molecular complexity index is 938. The predicted molar refractivity (Wildman–Crippen MR) is 114 cm³/mol. The molecule has 154 valence electrons. The van der Waals surface area contributed by atoms with E-state index in [9.17, 15) is 14.4 Å². The third-order valence-electron chi connectivity index (χ3n) is 4.88. The lowest BCUT2D eigenvalue weighted by atomic mass is 9.88. The van der Waals surface area contributed by atoms with Gasteiger partial charge < -0.3 is 21.1 Å². The van der Waals surface area contributed by atoms with E-state index in [-0.39, 0.29) is 19.1 Å². The Morgan fingerprint density at radius 1 is 1.28 bits per heavy atom. The van der Waals surface area contributed by atoms with E-state index in [1.807, 2.05) is 0 Å². The van der Waals surface area contributed by atoms with Gasteiger partial charge in [-0.3, -0.25) is 9.59 Å². The molecule has 7 nitrogen and oxygen atoms in total. The maximum Gasteiger partial charge on any atom is 0.341 e. The highest BCUT2D eigenvalue weighted by Crippen LogP contribution is 2.40. The van der Waals surface area contributed by atoms with Gasteiger partial charge in [-0.1, -0.05) is 19.1 Å². The second-order valence-electron chi connectivity index (χ2n) is 7.09. The summed E-state index contributed by atoms with van der Waals surface area (Å²) in [6.07, 6.45) is 2.71. The smallest absolute Gasteiger partial charge is 0.341 e. The topological polar surface area (TPSA) is 111 Å². The molecule has 0 fully saturated rings. The fourth-order valence-electron chi connectivity index (χ4n) is 3.46. The van der Waals surface area contributed by atoms with Crippen molar-refractivity contribution in [3.05, 3.63) is 45.8 Å². The number of para-hydroxylation sites is 1. The first-order chi connectivity index (χ1) is 13.9. The van der Waals surface area contributed by atoms with E-state index < -0.39 is 11.9 Å². The van der Waals surface area contributed by atoms with Gasteiger partial charge in [-0.25, -0.2) is 4.79 Å². The van der Waals surface area contributed by atoms with Crippen LogP contribution in [-0.4, -0.2) is 30.9 Å². The van der Waals surface area contributed by atoms with Crippen molar-refractivity contribution in [3.63, 3.8) is 0 Å². The number of fused-ring (bicyclic) bond motifs is 1. The number of esters is 1. The third kappa shape index (κ3) is 4.76. The SMILES string of the molecule is CCOC(=O)c1c(NC(=O)CNc2ccccc2C(N)=O)sc2c1CC[C@@H](C)C2. The number of thiophene rings is 1. The van der Waals surface area contributed by atoms with Gasteiger partial charge in [-0.2, -0.15) is 0 Å². The van der Waals surface area contributed by atoms with Crippen molar-refractivity contribution in [2.24, 2.45) is 11.7 Å². The summed E-state index contributed by atoms with van der Waals surface area (Å²) < 4.78 is 5.22. The number of carbonyl (C=O) groups is 3. The van der Waals surface area contributed by atoms with Gasteiger partial charge in [0.15, 0.2) is 0 Å². The van der Waals surface area contributed by atoms with Gasteiger partial charge in [0.05, 0.1) is 24.3 Å². The zero-order valence-corrected chi connectivity index (χ0v) is 17.4. The first kappa shape index (κ1) is 20.9. The van der Waals surface area contributed by atoms with E-state index in [0.29, 0.717) is 27.7 Å². The number of nitrogens with two attached hydrogens (primary N) is 1. The molecule has 1 aliphatic rings. The normalized spacial score (nSPS) is 15.3. The van der Waals surface area contributed by atoms with Gasteiger partial charge in [0, 0.05) is 10.6 Å². The van der Waals surface area contributed by atoms with E-state index in [1.165, 1.54) is 11.3 Å². The summed E-state index contributed by atoms with van der Waals surface area (Å²) in [6, 6.07) is 6.73. The minimum atomic E-state index is -0.571. The summed E-state index contributed by atoms with van der Waals surface area (Å²) >= 11 is 1.44. The maximum absolute atomic E-state index is 12.5. The van der Waals surface area contributed by atoms with Crippen LogP contribution in [0.2, 0.25) is 0 Å². The van der Waals surface area contributed by atoms with E-state index in [1.54, 1.807) is 31.2 Å². The van der Waals surface area contributed by atoms with Gasteiger partial charge in [0.25, 0.3) is 5.91 Å². The Hall–Kier alpha value is -2.87. The molecule has 1 heterocycles. The number of hydrogen-bond acceptors (Lipinski definition) is 6. The van der Waals surface area contributed by atoms with Gasteiger partial charge in [-0.05, 0) is 49.8 Å². The van der Waals surface area contributed by atoms with Gasteiger partial charge in [0.2, 0.25) is 5.91 Å². The van der Waals surface area contributed by atoms with Crippen molar-refractivity contribution in [3.8, 4) is 0 Å². The lowest BCUT2D eigenvalue weighted by Crippen LogP contribution is -2.24. The summed E-state index contributed by atoms with van der Waals surface area (Å²) in [6.45, 7) is 4.16. The van der Waals surface area contributed by atoms with Crippen molar-refractivity contribution in [1.29, 1.82) is 0 Å². The second kappa shape index (κ2) is 9.09. The van der Waals surface area contributed by atoms with Crippen LogP contribution in [0.3, 0.4) is 0 Å². The van der Waals surface area contributed by atoms with Gasteiger partial charge >= 0.3 is 5.97 Å². The Morgan fingerprint density at radius 2 is 2.03 bits per heavy atom. The molecule has 29 heavy (non-hydrogen) atoms. The van der Waals surface area contributed by atoms with E-state index in [2.05, 4.69) is 17.6 Å². The maximum atomic E-state index is 12.5. The average Bonchev–Trinajstić information content (AvgIpc) is 3.03. The quantitative estimate of drug-likeness (QED) is 0.602. The molecule has 1 aromatic carbocycles. The zero-order valence-electron chi connectivity index (χ0n) is 16.5. The Labute approximate surface area is 173 Å². The number of primary amides is 1. The molecule has 1 aliphatic carbocycles. The van der Waals surface area contributed by atoms with Crippen LogP contribution in [-0.2, 0) is 22.4 Å². The lowest BCUT2D eigenvalue weighted by Gasteiger charge is -2.18. The standard InChI is InChI=1S/C21H25N3O4S/c1-3-28-21(27)18-14-9-8-12(2)10-16(14)29-20(18)24-17(25)11-23-15-7-5-4-6-13(15)19(22)26/h4-7,12,23H,3,8-11H2,1-2H3,(H2,22,26)(H,24,25)/t12-/m1/s1. The minimum Gasteiger partial charge on any atom is -0.462 e. The number of benzene rings is 1. The lowest BCUT2D eigenvalue weighted by molar-refractivity contribution is -0.114. The fraction of sp³-hybridized carbons (Fsp3) is 0.381. The van der Waals surface area contributed by atoms with E-state index in [0.717, 1.165) is 29.7 Å². The molecule has 0 bridgehead atoms. The van der Waals surface area contributed by atoms with E-state index in [4.69, 9.17) is 10.5 Å². The molecule has 3 rings (SSSR count). The number of carbonyl (C=O) groups excluding carboxylic acids is 3. The van der Waals surface area contributed by atoms with Crippen LogP contribution < -0.4 is 16.4 Å². The molecule has 1 atom stereocenters. The summed E-state index contributed by atoms with van der Waals surface area (Å²) in [7, 11) is 0. The van der Waals surface area contributed by atoms with Crippen molar-refractivity contribution in [1.82, 2.24) is 0 Å². The number of hydrogen-bond donors (Lipinski definition) is 3. The molecular weight excluding hydrogens is 390 g/mol. The van der Waals surface area contributed by atoms with Crippen molar-refractivity contribution >= 4 is 39.8 Å². The Kier molecular flexibility index (Phi) is 6.53. The highest BCUT2D eigenvalue weighted by atomic mass is 32.1. The largest absolute Gasteiger partial charge is 0.462 e.